The summed E-state index contributed by atoms with van der Waals surface area (Å²) >= 11 is 0. The van der Waals surface area contributed by atoms with Crippen molar-refractivity contribution in [3.8, 4) is 5.75 Å². The van der Waals surface area contributed by atoms with Crippen LogP contribution in [-0.4, -0.2) is 42.9 Å². The van der Waals surface area contributed by atoms with Crippen LogP contribution in [0.15, 0.2) is 24.3 Å². The smallest absolute Gasteiger partial charge is 0.253 e. The fourth-order valence-electron chi connectivity index (χ4n) is 3.25. The highest BCUT2D eigenvalue weighted by atomic mass is 16.5. The Morgan fingerprint density at radius 2 is 2.20 bits per heavy atom. The molecule has 1 spiro atoms. The first-order valence-corrected chi connectivity index (χ1v) is 7.12. The van der Waals surface area contributed by atoms with E-state index in [0.29, 0.717) is 6.61 Å². The third-order valence-corrected chi connectivity index (χ3v) is 4.17. The van der Waals surface area contributed by atoms with E-state index in [1.165, 1.54) is 0 Å². The zero-order valence-electron chi connectivity index (χ0n) is 11.5. The van der Waals surface area contributed by atoms with E-state index in [9.17, 15) is 9.90 Å². The van der Waals surface area contributed by atoms with Crippen LogP contribution in [0.5, 0.6) is 5.75 Å². The SMILES string of the molecule is O=C1COCC2(CCCNCC2)N1c1cccc(O)c1. The largest absolute Gasteiger partial charge is 0.508 e. The Hall–Kier alpha value is -1.59. The third kappa shape index (κ3) is 2.39. The number of hydrogen-bond acceptors (Lipinski definition) is 4. The van der Waals surface area contributed by atoms with Gasteiger partial charge in [-0.05, 0) is 44.5 Å². The quantitative estimate of drug-likeness (QED) is 0.811. The molecule has 2 fully saturated rings. The fraction of sp³-hybridized carbons (Fsp3) is 0.533. The van der Waals surface area contributed by atoms with Gasteiger partial charge in [-0.2, -0.15) is 0 Å². The van der Waals surface area contributed by atoms with Crippen LogP contribution >= 0.6 is 0 Å². The number of carbonyl (C=O) groups excluding carboxylic acids is 1. The van der Waals surface area contributed by atoms with Gasteiger partial charge >= 0.3 is 0 Å². The Morgan fingerprint density at radius 3 is 3.05 bits per heavy atom. The number of phenolic OH excluding ortho intramolecular Hbond substituents is 1. The van der Waals surface area contributed by atoms with E-state index in [0.717, 1.165) is 38.0 Å². The zero-order valence-corrected chi connectivity index (χ0v) is 11.5. The van der Waals surface area contributed by atoms with Crippen LogP contribution in [0.1, 0.15) is 19.3 Å². The number of aromatic hydroxyl groups is 1. The molecule has 2 aliphatic heterocycles. The van der Waals surface area contributed by atoms with Crippen molar-refractivity contribution in [3.05, 3.63) is 24.3 Å². The number of hydrogen-bond donors (Lipinski definition) is 2. The van der Waals surface area contributed by atoms with Gasteiger partial charge in [-0.25, -0.2) is 0 Å². The molecule has 2 aliphatic rings. The summed E-state index contributed by atoms with van der Waals surface area (Å²) in [5, 5.41) is 13.1. The molecule has 0 aliphatic carbocycles. The van der Waals surface area contributed by atoms with Gasteiger partial charge in [0, 0.05) is 11.8 Å². The van der Waals surface area contributed by atoms with Gasteiger partial charge in [-0.1, -0.05) is 6.07 Å². The van der Waals surface area contributed by atoms with Crippen LogP contribution in [0, 0.1) is 0 Å². The molecule has 108 valence electrons. The van der Waals surface area contributed by atoms with Crippen molar-refractivity contribution < 1.29 is 14.6 Å². The highest BCUT2D eigenvalue weighted by Gasteiger charge is 2.44. The lowest BCUT2D eigenvalue weighted by atomic mass is 9.87. The standard InChI is InChI=1S/C15H20N2O3/c18-13-4-1-3-12(9-13)17-14(19)10-20-11-15(17)5-2-7-16-8-6-15/h1,3-4,9,16,18H,2,5-8,10-11H2. The van der Waals surface area contributed by atoms with Gasteiger partial charge in [0.2, 0.25) is 0 Å². The summed E-state index contributed by atoms with van der Waals surface area (Å²) in [4.78, 5) is 14.2. The van der Waals surface area contributed by atoms with Gasteiger partial charge in [0.15, 0.2) is 0 Å². The Labute approximate surface area is 118 Å². The lowest BCUT2D eigenvalue weighted by molar-refractivity contribution is -0.130. The molecule has 1 atom stereocenters. The van der Waals surface area contributed by atoms with Crippen molar-refractivity contribution in [2.45, 2.75) is 24.8 Å². The number of anilines is 1. The predicted octanol–water partition coefficient (Wildman–Crippen LogP) is 1.27. The molecule has 2 saturated heterocycles. The molecule has 3 rings (SSSR count). The van der Waals surface area contributed by atoms with Crippen molar-refractivity contribution in [2.75, 3.05) is 31.2 Å². The van der Waals surface area contributed by atoms with Crippen LogP contribution < -0.4 is 10.2 Å². The number of benzene rings is 1. The molecule has 0 radical (unpaired) electrons. The van der Waals surface area contributed by atoms with E-state index in [2.05, 4.69) is 5.32 Å². The molecular weight excluding hydrogens is 256 g/mol. The number of nitrogens with one attached hydrogen (secondary N) is 1. The number of carbonyl (C=O) groups is 1. The molecule has 1 aromatic rings. The lowest BCUT2D eigenvalue weighted by Gasteiger charge is -2.46. The summed E-state index contributed by atoms with van der Waals surface area (Å²) in [5.41, 5.74) is 0.479. The average Bonchev–Trinajstić information content (AvgIpc) is 2.65. The maximum absolute atomic E-state index is 12.4. The molecule has 20 heavy (non-hydrogen) atoms. The fourth-order valence-corrected chi connectivity index (χ4v) is 3.25. The maximum atomic E-state index is 12.4. The number of amides is 1. The van der Waals surface area contributed by atoms with Gasteiger partial charge in [-0.15, -0.1) is 0 Å². The Kier molecular flexibility index (Phi) is 3.63. The van der Waals surface area contributed by atoms with E-state index in [-0.39, 0.29) is 23.8 Å². The minimum absolute atomic E-state index is 0.0243. The highest BCUT2D eigenvalue weighted by molar-refractivity contribution is 5.96. The Balaban J connectivity index is 1.99. The van der Waals surface area contributed by atoms with E-state index >= 15 is 0 Å². The molecule has 0 bridgehead atoms. The summed E-state index contributed by atoms with van der Waals surface area (Å²) in [6.07, 6.45) is 2.81. The minimum atomic E-state index is -0.285. The van der Waals surface area contributed by atoms with E-state index < -0.39 is 0 Å². The molecule has 0 aromatic heterocycles. The van der Waals surface area contributed by atoms with Gasteiger partial charge in [-0.3, -0.25) is 4.79 Å². The zero-order chi connectivity index (χ0) is 14.0. The Morgan fingerprint density at radius 1 is 1.30 bits per heavy atom. The molecule has 5 nitrogen and oxygen atoms in total. The van der Waals surface area contributed by atoms with Gasteiger partial charge in [0.25, 0.3) is 5.91 Å². The van der Waals surface area contributed by atoms with Crippen molar-refractivity contribution in [2.24, 2.45) is 0 Å². The second kappa shape index (κ2) is 5.42. The van der Waals surface area contributed by atoms with Crippen LogP contribution in [0.3, 0.4) is 0 Å². The molecule has 2 N–H and O–H groups in total. The highest BCUT2D eigenvalue weighted by Crippen LogP contribution is 2.36. The number of morpholine rings is 1. The molecule has 1 amide bonds. The van der Waals surface area contributed by atoms with Crippen molar-refractivity contribution >= 4 is 11.6 Å². The number of ether oxygens (including phenoxy) is 1. The first-order valence-electron chi connectivity index (χ1n) is 7.12. The monoisotopic (exact) mass is 276 g/mol. The summed E-state index contributed by atoms with van der Waals surface area (Å²) in [6, 6.07) is 6.93. The first-order chi connectivity index (χ1) is 9.71. The van der Waals surface area contributed by atoms with Crippen LogP contribution in [0.25, 0.3) is 0 Å². The summed E-state index contributed by atoms with van der Waals surface area (Å²) in [5.74, 6) is 0.160. The summed E-state index contributed by atoms with van der Waals surface area (Å²) in [6.45, 7) is 2.54. The predicted molar refractivity (Wildman–Crippen MR) is 75.9 cm³/mol. The molecule has 0 saturated carbocycles. The number of phenols is 1. The molecule has 5 heteroatoms. The third-order valence-electron chi connectivity index (χ3n) is 4.17. The molecular formula is C15H20N2O3. The molecule has 1 aromatic carbocycles. The molecule has 2 heterocycles. The summed E-state index contributed by atoms with van der Waals surface area (Å²) in [7, 11) is 0. The second-order valence-electron chi connectivity index (χ2n) is 5.57. The first kappa shape index (κ1) is 13.4. The summed E-state index contributed by atoms with van der Waals surface area (Å²) < 4.78 is 5.53. The van der Waals surface area contributed by atoms with Gasteiger partial charge < -0.3 is 20.1 Å². The Bertz CT molecular complexity index is 496. The van der Waals surface area contributed by atoms with Crippen molar-refractivity contribution in [1.82, 2.24) is 5.32 Å². The average molecular weight is 276 g/mol. The molecule has 1 unspecified atom stereocenters. The van der Waals surface area contributed by atoms with Crippen LogP contribution in [-0.2, 0) is 9.53 Å². The minimum Gasteiger partial charge on any atom is -0.508 e. The van der Waals surface area contributed by atoms with E-state index in [1.54, 1.807) is 18.2 Å². The van der Waals surface area contributed by atoms with Crippen molar-refractivity contribution in [1.29, 1.82) is 0 Å². The number of rotatable bonds is 1. The topological polar surface area (TPSA) is 61.8 Å². The lowest BCUT2D eigenvalue weighted by Crippen LogP contribution is -2.60. The van der Waals surface area contributed by atoms with Crippen LogP contribution in [0.2, 0.25) is 0 Å². The van der Waals surface area contributed by atoms with Gasteiger partial charge in [0.1, 0.15) is 12.4 Å². The van der Waals surface area contributed by atoms with Crippen molar-refractivity contribution in [3.63, 3.8) is 0 Å². The van der Waals surface area contributed by atoms with E-state index in [4.69, 9.17) is 4.74 Å². The maximum Gasteiger partial charge on any atom is 0.253 e. The van der Waals surface area contributed by atoms with E-state index in [1.807, 2.05) is 11.0 Å². The normalized spacial score (nSPS) is 27.6. The number of nitrogens with zero attached hydrogens (tertiary/aromatic N) is 1. The second-order valence-corrected chi connectivity index (χ2v) is 5.57. The van der Waals surface area contributed by atoms with Crippen LogP contribution in [0.4, 0.5) is 5.69 Å². The van der Waals surface area contributed by atoms with Gasteiger partial charge in [0.05, 0.1) is 12.1 Å².